The Hall–Kier alpha value is -4.72. The first-order chi connectivity index (χ1) is 16.5. The minimum atomic E-state index is -0.560. The molecule has 4 aromatic rings. The smallest absolute Gasteiger partial charge is 0.264 e. The fourth-order valence-electron chi connectivity index (χ4n) is 3.55. The van der Waals surface area contributed by atoms with Crippen LogP contribution in [0.3, 0.4) is 0 Å². The van der Waals surface area contributed by atoms with E-state index < -0.39 is 11.8 Å². The van der Waals surface area contributed by atoms with E-state index in [9.17, 15) is 14.7 Å². The van der Waals surface area contributed by atoms with E-state index in [0.29, 0.717) is 28.7 Å². The molecule has 34 heavy (non-hydrogen) atoms. The molecular weight excluding hydrogens is 430 g/mol. The van der Waals surface area contributed by atoms with Gasteiger partial charge in [0.25, 0.3) is 11.8 Å². The average Bonchev–Trinajstić information content (AvgIpc) is 3.29. The van der Waals surface area contributed by atoms with Gasteiger partial charge in [-0.15, -0.1) is 15.0 Å². The third-order valence-corrected chi connectivity index (χ3v) is 5.18. The number of nitrogens with one attached hydrogen (secondary N) is 1. The minimum absolute atomic E-state index is 0.104. The van der Waals surface area contributed by atoms with Crippen LogP contribution < -0.4 is 5.43 Å². The molecule has 4 rings (SSSR count). The normalized spacial score (nSPS) is 10.6. The summed E-state index contributed by atoms with van der Waals surface area (Å²) < 4.78 is 0. The number of carbonyl (C=O) groups is 2. The van der Waals surface area contributed by atoms with Crippen molar-refractivity contribution in [3.63, 3.8) is 0 Å². The highest BCUT2D eigenvalue weighted by atomic mass is 16.3. The summed E-state index contributed by atoms with van der Waals surface area (Å²) in [5.74, 6) is -1.20. The molecule has 0 saturated heterocycles. The summed E-state index contributed by atoms with van der Waals surface area (Å²) in [5, 5.41) is 21.2. The molecule has 1 aromatic heterocycles. The number of hydrogen-bond acceptors (Lipinski definition) is 5. The van der Waals surface area contributed by atoms with Gasteiger partial charge in [0.15, 0.2) is 0 Å². The molecule has 1 heterocycles. The highest BCUT2D eigenvalue weighted by Crippen LogP contribution is 2.30. The van der Waals surface area contributed by atoms with Gasteiger partial charge in [-0.3, -0.25) is 15.0 Å². The zero-order valence-electron chi connectivity index (χ0n) is 18.4. The summed E-state index contributed by atoms with van der Waals surface area (Å²) in [7, 11) is 0. The van der Waals surface area contributed by atoms with E-state index in [0.717, 1.165) is 28.3 Å². The second-order valence-corrected chi connectivity index (χ2v) is 7.57. The second kappa shape index (κ2) is 9.83. The summed E-state index contributed by atoms with van der Waals surface area (Å²) >= 11 is 0. The molecule has 8 heteroatoms. The Bertz CT molecular complexity index is 1340. The summed E-state index contributed by atoms with van der Waals surface area (Å²) in [6.07, 6.45) is 2.72. The maximum Gasteiger partial charge on any atom is 0.264 e. The number of aromatic hydroxyl groups is 1. The molecule has 170 valence electrons. The molecule has 0 aliphatic rings. The summed E-state index contributed by atoms with van der Waals surface area (Å²) in [4.78, 5) is 25.6. The fraction of sp³-hybridized carbons (Fsp3) is 0.0769. The molecule has 0 saturated carbocycles. The van der Waals surface area contributed by atoms with Gasteiger partial charge in [0, 0.05) is 5.56 Å². The van der Waals surface area contributed by atoms with Gasteiger partial charge in [-0.25, -0.2) is 5.01 Å². The highest BCUT2D eigenvalue weighted by Gasteiger charge is 2.20. The van der Waals surface area contributed by atoms with Crippen LogP contribution in [-0.2, 0) is 22.6 Å². The Kier molecular flexibility index (Phi) is 6.49. The number of benzene rings is 3. The lowest BCUT2D eigenvalue weighted by Gasteiger charge is -2.23. The monoisotopic (exact) mass is 453 g/mol. The highest BCUT2D eigenvalue weighted by molar-refractivity contribution is 5.92. The van der Waals surface area contributed by atoms with Crippen LogP contribution in [0.15, 0.2) is 92.0 Å². The lowest BCUT2D eigenvalue weighted by atomic mass is 10.0. The number of hydrogen-bond donors (Lipinski definition) is 2. The molecule has 0 spiro atoms. The van der Waals surface area contributed by atoms with E-state index in [-0.39, 0.29) is 12.3 Å². The largest absolute Gasteiger partial charge is 0.505 e. The van der Waals surface area contributed by atoms with Crippen molar-refractivity contribution < 1.29 is 14.7 Å². The maximum atomic E-state index is 12.4. The Morgan fingerprint density at radius 3 is 2.21 bits per heavy atom. The van der Waals surface area contributed by atoms with E-state index in [1.807, 2.05) is 60.7 Å². The van der Waals surface area contributed by atoms with Crippen molar-refractivity contribution in [3.05, 3.63) is 109 Å². The standard InChI is InChI=1S/C26H23N5O3/c1-3-24(32)29-30(25(33)4-2)17-20-15-19(14-18-10-6-5-7-11-18)16-23(26(20)34)31-27-21-12-8-9-13-22(21)28-31/h3-13,15-16,34H,1-2,14,17H2,(H,29,32). The number of carbonyl (C=O) groups excluding carboxylic acids is 2. The van der Waals surface area contributed by atoms with E-state index in [4.69, 9.17) is 0 Å². The van der Waals surface area contributed by atoms with E-state index in [1.165, 1.54) is 4.80 Å². The molecule has 0 aliphatic carbocycles. The van der Waals surface area contributed by atoms with Gasteiger partial charge in [0.1, 0.15) is 22.5 Å². The van der Waals surface area contributed by atoms with Crippen LogP contribution in [0.25, 0.3) is 16.7 Å². The number of phenols is 1. The van der Waals surface area contributed by atoms with Crippen LogP contribution in [0.5, 0.6) is 5.75 Å². The van der Waals surface area contributed by atoms with Crippen molar-refractivity contribution >= 4 is 22.8 Å². The van der Waals surface area contributed by atoms with Crippen LogP contribution in [0, 0.1) is 0 Å². The van der Waals surface area contributed by atoms with Gasteiger partial charge >= 0.3 is 0 Å². The molecule has 0 atom stereocenters. The molecule has 0 unspecified atom stereocenters. The van der Waals surface area contributed by atoms with E-state index in [1.54, 1.807) is 6.07 Å². The Morgan fingerprint density at radius 2 is 1.59 bits per heavy atom. The minimum Gasteiger partial charge on any atom is -0.505 e. The van der Waals surface area contributed by atoms with E-state index in [2.05, 4.69) is 28.8 Å². The average molecular weight is 454 g/mol. The lowest BCUT2D eigenvalue weighted by molar-refractivity contribution is -0.136. The van der Waals surface area contributed by atoms with Gasteiger partial charge in [-0.05, 0) is 54.0 Å². The fourth-order valence-corrected chi connectivity index (χ4v) is 3.55. The van der Waals surface area contributed by atoms with Crippen LogP contribution in [-0.4, -0.2) is 36.9 Å². The van der Waals surface area contributed by atoms with E-state index >= 15 is 0 Å². The molecule has 0 radical (unpaired) electrons. The Balaban J connectivity index is 1.80. The van der Waals surface area contributed by atoms with Gasteiger partial charge in [-0.2, -0.15) is 0 Å². The van der Waals surface area contributed by atoms with Gasteiger partial charge in [0.05, 0.1) is 6.54 Å². The van der Waals surface area contributed by atoms with Crippen molar-refractivity contribution in [1.82, 2.24) is 25.4 Å². The molecular formula is C26H23N5O3. The van der Waals surface area contributed by atoms with Crippen molar-refractivity contribution in [1.29, 1.82) is 0 Å². The third kappa shape index (κ3) is 4.86. The number of aromatic nitrogens is 3. The number of rotatable bonds is 7. The number of fused-ring (bicyclic) bond motifs is 1. The van der Waals surface area contributed by atoms with Crippen molar-refractivity contribution in [2.24, 2.45) is 0 Å². The first kappa shape index (κ1) is 22.5. The second-order valence-electron chi connectivity index (χ2n) is 7.57. The lowest BCUT2D eigenvalue weighted by Crippen LogP contribution is -2.44. The molecule has 8 nitrogen and oxygen atoms in total. The van der Waals surface area contributed by atoms with Crippen molar-refractivity contribution in [3.8, 4) is 11.4 Å². The van der Waals surface area contributed by atoms with Gasteiger partial charge in [0.2, 0.25) is 0 Å². The molecule has 3 aromatic carbocycles. The quantitative estimate of drug-likeness (QED) is 0.330. The van der Waals surface area contributed by atoms with Crippen LogP contribution >= 0.6 is 0 Å². The molecule has 0 bridgehead atoms. The topological polar surface area (TPSA) is 100 Å². The zero-order valence-corrected chi connectivity index (χ0v) is 18.4. The van der Waals surface area contributed by atoms with Crippen molar-refractivity contribution in [2.45, 2.75) is 13.0 Å². The van der Waals surface area contributed by atoms with Crippen LogP contribution in [0.4, 0.5) is 0 Å². The number of hydrazine groups is 1. The first-order valence-corrected chi connectivity index (χ1v) is 10.6. The summed E-state index contributed by atoms with van der Waals surface area (Å²) in [5.41, 5.74) is 6.52. The van der Waals surface area contributed by atoms with Crippen LogP contribution in [0.1, 0.15) is 16.7 Å². The number of nitrogens with zero attached hydrogens (tertiary/aromatic N) is 4. The summed E-state index contributed by atoms with van der Waals surface area (Å²) in [6, 6.07) is 20.8. The summed E-state index contributed by atoms with van der Waals surface area (Å²) in [6.45, 7) is 6.80. The SMILES string of the molecule is C=CC(=O)NN(Cc1cc(Cc2ccccc2)cc(-n2nc3ccccc3n2)c1O)C(=O)C=C. The molecule has 2 N–H and O–H groups in total. The first-order valence-electron chi connectivity index (χ1n) is 10.6. The molecule has 0 aliphatic heterocycles. The maximum absolute atomic E-state index is 12.4. The predicted molar refractivity (Wildman–Crippen MR) is 129 cm³/mol. The molecule has 0 fully saturated rings. The Morgan fingerprint density at radius 1 is 0.941 bits per heavy atom. The number of amides is 2. The van der Waals surface area contributed by atoms with Gasteiger partial charge in [-0.1, -0.05) is 55.6 Å². The Labute approximate surface area is 196 Å². The molecule has 2 amide bonds. The third-order valence-electron chi connectivity index (χ3n) is 5.18. The zero-order chi connectivity index (χ0) is 24.1. The van der Waals surface area contributed by atoms with Crippen LogP contribution in [0.2, 0.25) is 0 Å². The van der Waals surface area contributed by atoms with Crippen molar-refractivity contribution in [2.75, 3.05) is 0 Å². The predicted octanol–water partition coefficient (Wildman–Crippen LogP) is 3.45. The number of phenolic OH excluding ortho intramolecular Hbond substituents is 1. The van der Waals surface area contributed by atoms with Gasteiger partial charge < -0.3 is 5.11 Å².